The third-order valence-electron chi connectivity index (χ3n) is 7.00. The first-order chi connectivity index (χ1) is 17.8. The Labute approximate surface area is 213 Å². The quantitative estimate of drug-likeness (QED) is 0.436. The number of hydrogen-bond acceptors (Lipinski definition) is 5. The zero-order valence-corrected chi connectivity index (χ0v) is 21.2. The van der Waals surface area contributed by atoms with Gasteiger partial charge in [-0.15, -0.1) is 5.10 Å². The van der Waals surface area contributed by atoms with Crippen molar-refractivity contribution in [2.45, 2.75) is 58.2 Å². The van der Waals surface area contributed by atoms with Crippen LogP contribution in [-0.4, -0.2) is 43.7 Å². The summed E-state index contributed by atoms with van der Waals surface area (Å²) in [6.07, 6.45) is 4.07. The Balaban J connectivity index is 1.61. The lowest BCUT2D eigenvalue weighted by molar-refractivity contribution is -0.119. The molecule has 0 saturated heterocycles. The van der Waals surface area contributed by atoms with E-state index in [0.717, 1.165) is 30.4 Å². The first-order valence-corrected chi connectivity index (χ1v) is 12.6. The van der Waals surface area contributed by atoms with Crippen LogP contribution in [0.25, 0.3) is 16.7 Å². The van der Waals surface area contributed by atoms with E-state index in [2.05, 4.69) is 10.4 Å². The average molecular weight is 503 g/mol. The molecular weight excluding hydrogens is 472 g/mol. The predicted molar refractivity (Wildman–Crippen MR) is 141 cm³/mol. The van der Waals surface area contributed by atoms with Crippen LogP contribution in [-0.2, 0) is 11.3 Å². The number of carbonyl (C=O) groups is 2. The topological polar surface area (TPSA) is 111 Å². The molecule has 0 bridgehead atoms. The van der Waals surface area contributed by atoms with Gasteiger partial charge < -0.3 is 10.2 Å². The van der Waals surface area contributed by atoms with Crippen LogP contribution in [0.5, 0.6) is 0 Å². The normalized spacial score (nSPS) is 14.1. The molecule has 1 saturated carbocycles. The van der Waals surface area contributed by atoms with E-state index in [1.54, 1.807) is 37.4 Å². The Morgan fingerprint density at radius 1 is 1.08 bits per heavy atom. The summed E-state index contributed by atoms with van der Waals surface area (Å²) in [5.41, 5.74) is 0.465. The molecule has 0 spiro atoms. The van der Waals surface area contributed by atoms with E-state index in [-0.39, 0.29) is 47.3 Å². The molecule has 0 unspecified atom stereocenters. The number of likely N-dealkylation sites (N-methyl/N-ethyl adjacent to an activating group) is 1. The molecule has 2 aromatic heterocycles. The second-order valence-electron chi connectivity index (χ2n) is 9.82. The van der Waals surface area contributed by atoms with Crippen molar-refractivity contribution in [2.24, 2.45) is 0 Å². The minimum absolute atomic E-state index is 0.126. The first kappa shape index (κ1) is 24.5. The first-order valence-electron chi connectivity index (χ1n) is 12.6. The lowest BCUT2D eigenvalue weighted by Crippen LogP contribution is -2.34. The largest absolute Gasteiger partial charge is 0.352 e. The summed E-state index contributed by atoms with van der Waals surface area (Å²) in [5.74, 6) is -0.452. The van der Waals surface area contributed by atoms with Crippen LogP contribution in [0.3, 0.4) is 0 Å². The van der Waals surface area contributed by atoms with Crippen LogP contribution < -0.4 is 21.5 Å². The highest BCUT2D eigenvalue weighted by molar-refractivity contribution is 5.98. The molecule has 10 nitrogen and oxygen atoms in total. The van der Waals surface area contributed by atoms with Crippen molar-refractivity contribution in [3.05, 3.63) is 74.9 Å². The van der Waals surface area contributed by atoms with Gasteiger partial charge in [-0.2, -0.15) is 0 Å². The van der Waals surface area contributed by atoms with E-state index in [1.807, 2.05) is 32.0 Å². The van der Waals surface area contributed by atoms with Gasteiger partial charge in [0, 0.05) is 30.4 Å². The Morgan fingerprint density at radius 2 is 1.78 bits per heavy atom. The van der Waals surface area contributed by atoms with Crippen molar-refractivity contribution >= 4 is 34.2 Å². The fraction of sp³-hybridized carbons (Fsp3) is 0.370. The molecule has 0 atom stereocenters. The van der Waals surface area contributed by atoms with E-state index in [0.29, 0.717) is 16.6 Å². The molecule has 192 valence electrons. The van der Waals surface area contributed by atoms with E-state index in [9.17, 15) is 19.2 Å². The predicted octanol–water partition coefficient (Wildman–Crippen LogP) is 2.73. The number of fused-ring (bicyclic) bond motifs is 3. The summed E-state index contributed by atoms with van der Waals surface area (Å²) < 4.78 is 3.82. The maximum Gasteiger partial charge on any atom is 0.352 e. The second kappa shape index (κ2) is 9.68. The Bertz CT molecular complexity index is 1610. The standard InChI is InChI=1S/C27H30N6O4/c1-17(2)32-25(36)21-14-13-18(24(35)28-19-9-7-8-10-19)15-22(21)33-26(32)29-31(27(33)37)16-23(34)30(3)20-11-5-4-6-12-20/h4-6,11-15,17,19H,7-10,16H2,1-3H3,(H,28,35). The smallest absolute Gasteiger partial charge is 0.349 e. The van der Waals surface area contributed by atoms with Crippen LogP contribution in [0, 0.1) is 0 Å². The number of nitrogens with zero attached hydrogens (tertiary/aromatic N) is 5. The Morgan fingerprint density at radius 3 is 2.46 bits per heavy atom. The summed E-state index contributed by atoms with van der Waals surface area (Å²) >= 11 is 0. The molecule has 0 aliphatic heterocycles. The SMILES string of the molecule is CC(C)n1c(=O)c2ccc(C(=O)NC3CCCC3)cc2n2c(=O)n(CC(=O)N(C)c3ccccc3)nc12. The molecule has 1 aliphatic carbocycles. The summed E-state index contributed by atoms with van der Waals surface area (Å²) in [5, 5.41) is 7.74. The van der Waals surface area contributed by atoms with E-state index >= 15 is 0 Å². The molecule has 2 aromatic carbocycles. The molecule has 4 aromatic rings. The maximum atomic E-state index is 13.6. The molecular formula is C27H30N6O4. The van der Waals surface area contributed by atoms with Crippen molar-refractivity contribution in [3.8, 4) is 0 Å². The van der Waals surface area contributed by atoms with Gasteiger partial charge in [-0.25, -0.2) is 13.9 Å². The molecule has 2 heterocycles. The number of anilines is 1. The summed E-state index contributed by atoms with van der Waals surface area (Å²) in [4.78, 5) is 54.3. The molecule has 1 aliphatic rings. The highest BCUT2D eigenvalue weighted by Gasteiger charge is 2.23. The Hall–Kier alpha value is -4.21. The van der Waals surface area contributed by atoms with Gasteiger partial charge in [-0.1, -0.05) is 31.0 Å². The highest BCUT2D eigenvalue weighted by Crippen LogP contribution is 2.20. The number of aromatic nitrogens is 4. The van der Waals surface area contributed by atoms with Crippen LogP contribution in [0.2, 0.25) is 0 Å². The minimum Gasteiger partial charge on any atom is -0.349 e. The van der Waals surface area contributed by atoms with Gasteiger partial charge in [0.25, 0.3) is 11.5 Å². The van der Waals surface area contributed by atoms with Crippen molar-refractivity contribution in [3.63, 3.8) is 0 Å². The van der Waals surface area contributed by atoms with Crippen molar-refractivity contribution < 1.29 is 9.59 Å². The Kier molecular flexibility index (Phi) is 6.41. The highest BCUT2D eigenvalue weighted by atomic mass is 16.2. The lowest BCUT2D eigenvalue weighted by atomic mass is 10.1. The van der Waals surface area contributed by atoms with Gasteiger partial charge in [0.15, 0.2) is 0 Å². The van der Waals surface area contributed by atoms with Crippen LogP contribution >= 0.6 is 0 Å². The fourth-order valence-corrected chi connectivity index (χ4v) is 4.96. The molecule has 1 N–H and O–H groups in total. The number of benzene rings is 2. The zero-order valence-electron chi connectivity index (χ0n) is 21.2. The zero-order chi connectivity index (χ0) is 26.3. The van der Waals surface area contributed by atoms with Gasteiger partial charge in [0.05, 0.1) is 10.9 Å². The molecule has 10 heteroatoms. The second-order valence-corrected chi connectivity index (χ2v) is 9.82. The fourth-order valence-electron chi connectivity index (χ4n) is 4.96. The summed E-state index contributed by atoms with van der Waals surface area (Å²) in [6.45, 7) is 3.35. The third kappa shape index (κ3) is 4.43. The average Bonchev–Trinajstić information content (AvgIpc) is 3.51. The lowest BCUT2D eigenvalue weighted by Gasteiger charge is -2.16. The number of nitrogens with one attached hydrogen (secondary N) is 1. The maximum absolute atomic E-state index is 13.6. The summed E-state index contributed by atoms with van der Waals surface area (Å²) in [6, 6.07) is 13.7. The van der Waals surface area contributed by atoms with Crippen LogP contribution in [0.15, 0.2) is 58.1 Å². The molecule has 37 heavy (non-hydrogen) atoms. The van der Waals surface area contributed by atoms with E-state index in [1.165, 1.54) is 13.9 Å². The van der Waals surface area contributed by atoms with Crippen molar-refractivity contribution in [1.29, 1.82) is 0 Å². The number of amides is 2. The minimum atomic E-state index is -0.558. The van der Waals surface area contributed by atoms with Crippen LogP contribution in [0.1, 0.15) is 55.9 Å². The van der Waals surface area contributed by atoms with E-state index < -0.39 is 5.69 Å². The number of para-hydroxylation sites is 1. The number of carbonyl (C=O) groups excluding carboxylic acids is 2. The van der Waals surface area contributed by atoms with Crippen molar-refractivity contribution in [1.82, 2.24) is 24.1 Å². The number of rotatable bonds is 6. The van der Waals surface area contributed by atoms with Crippen molar-refractivity contribution in [2.75, 3.05) is 11.9 Å². The van der Waals surface area contributed by atoms with E-state index in [4.69, 9.17) is 0 Å². The molecule has 5 rings (SSSR count). The summed E-state index contributed by atoms with van der Waals surface area (Å²) in [7, 11) is 1.63. The van der Waals surface area contributed by atoms with Gasteiger partial charge in [-0.3, -0.25) is 19.0 Å². The van der Waals surface area contributed by atoms with Gasteiger partial charge in [0.2, 0.25) is 11.7 Å². The third-order valence-corrected chi connectivity index (χ3v) is 7.00. The number of hydrogen-bond donors (Lipinski definition) is 1. The van der Waals surface area contributed by atoms with Gasteiger partial charge in [-0.05, 0) is 57.0 Å². The monoisotopic (exact) mass is 502 g/mol. The van der Waals surface area contributed by atoms with Gasteiger partial charge in [0.1, 0.15) is 6.54 Å². The molecule has 1 fully saturated rings. The van der Waals surface area contributed by atoms with Gasteiger partial charge >= 0.3 is 5.69 Å². The molecule has 2 amide bonds. The molecule has 0 radical (unpaired) electrons. The van der Waals surface area contributed by atoms with Crippen LogP contribution in [0.4, 0.5) is 5.69 Å².